The van der Waals surface area contributed by atoms with Crippen LogP contribution in [0.2, 0.25) is 0 Å². The molecule has 2 heterocycles. The molecule has 0 aromatic carbocycles. The van der Waals surface area contributed by atoms with Gasteiger partial charge in [0.05, 0.1) is 18.0 Å². The Labute approximate surface area is 118 Å². The zero-order valence-corrected chi connectivity index (χ0v) is 12.3. The number of aliphatic hydroxyl groups is 1. The van der Waals surface area contributed by atoms with Gasteiger partial charge in [0.2, 0.25) is 0 Å². The summed E-state index contributed by atoms with van der Waals surface area (Å²) < 4.78 is 2.11. The average molecular weight is 278 g/mol. The smallest absolute Gasteiger partial charge is 0.120 e. The maximum atomic E-state index is 10.8. The monoisotopic (exact) mass is 278 g/mol. The van der Waals surface area contributed by atoms with Gasteiger partial charge in [-0.15, -0.1) is 11.3 Å². The van der Waals surface area contributed by atoms with Crippen molar-refractivity contribution < 1.29 is 5.11 Å². The van der Waals surface area contributed by atoms with Crippen LogP contribution in [-0.4, -0.2) is 14.5 Å². The molecule has 0 aliphatic heterocycles. The molecule has 1 aliphatic carbocycles. The van der Waals surface area contributed by atoms with Crippen molar-refractivity contribution in [2.45, 2.75) is 58.0 Å². The minimum atomic E-state index is -0.315. The molecule has 0 radical (unpaired) electrons. The number of imidazole rings is 1. The van der Waals surface area contributed by atoms with Crippen molar-refractivity contribution in [1.29, 1.82) is 0 Å². The van der Waals surface area contributed by atoms with Gasteiger partial charge in [0.15, 0.2) is 0 Å². The number of rotatable bonds is 4. The molecule has 1 unspecified atom stereocenters. The summed E-state index contributed by atoms with van der Waals surface area (Å²) in [5.41, 5.74) is 1.12. The molecule has 0 spiro atoms. The molecule has 2 aromatic heterocycles. The summed E-state index contributed by atoms with van der Waals surface area (Å²) in [6, 6.07) is 0. The largest absolute Gasteiger partial charge is 0.387 e. The molecular weight excluding hydrogens is 256 g/mol. The first-order chi connectivity index (χ1) is 9.31. The Morgan fingerprint density at radius 2 is 2.21 bits per heavy atom. The molecule has 2 aromatic rings. The van der Waals surface area contributed by atoms with Gasteiger partial charge in [0.25, 0.3) is 0 Å². The average Bonchev–Trinajstić information content (AvgIpc) is 3.00. The molecule has 0 amide bonds. The van der Waals surface area contributed by atoms with Crippen molar-refractivity contribution in [3.63, 3.8) is 0 Å². The highest BCUT2D eigenvalue weighted by Crippen LogP contribution is 2.38. The molecule has 4 heteroatoms. The Bertz CT molecular complexity index is 539. The molecule has 3 nitrogen and oxygen atoms in total. The fourth-order valence-corrected chi connectivity index (χ4v) is 4.48. The van der Waals surface area contributed by atoms with Crippen LogP contribution >= 0.6 is 11.3 Å². The summed E-state index contributed by atoms with van der Waals surface area (Å²) in [7, 11) is 0. The SMILES string of the molecule is CCCc1sc2cncn2c1C(O)C1CCCCC1. The van der Waals surface area contributed by atoms with Crippen molar-refractivity contribution in [2.24, 2.45) is 5.92 Å². The quantitative estimate of drug-likeness (QED) is 0.919. The second-order valence-electron chi connectivity index (χ2n) is 5.61. The van der Waals surface area contributed by atoms with Crippen molar-refractivity contribution in [1.82, 2.24) is 9.38 Å². The number of aryl methyl sites for hydroxylation is 1. The second kappa shape index (κ2) is 5.63. The van der Waals surface area contributed by atoms with Crippen molar-refractivity contribution in [2.75, 3.05) is 0 Å². The molecule has 1 N–H and O–H groups in total. The van der Waals surface area contributed by atoms with Crippen LogP contribution in [0.25, 0.3) is 4.83 Å². The highest BCUT2D eigenvalue weighted by atomic mass is 32.1. The summed E-state index contributed by atoms with van der Waals surface area (Å²) >= 11 is 1.79. The molecule has 1 fully saturated rings. The second-order valence-corrected chi connectivity index (χ2v) is 6.72. The Morgan fingerprint density at radius 3 is 2.95 bits per heavy atom. The lowest BCUT2D eigenvalue weighted by Gasteiger charge is -2.27. The van der Waals surface area contributed by atoms with Gasteiger partial charge in [-0.3, -0.25) is 4.40 Å². The summed E-state index contributed by atoms with van der Waals surface area (Å²) in [6.07, 6.45) is 11.8. The van der Waals surface area contributed by atoms with Crippen molar-refractivity contribution in [3.8, 4) is 0 Å². The van der Waals surface area contributed by atoms with E-state index in [1.165, 1.54) is 37.0 Å². The van der Waals surface area contributed by atoms with E-state index in [0.29, 0.717) is 5.92 Å². The van der Waals surface area contributed by atoms with Crippen molar-refractivity contribution >= 4 is 16.2 Å². The van der Waals surface area contributed by atoms with E-state index in [9.17, 15) is 5.11 Å². The first-order valence-electron chi connectivity index (χ1n) is 7.43. The van der Waals surface area contributed by atoms with E-state index < -0.39 is 0 Å². The maximum absolute atomic E-state index is 10.8. The molecule has 1 atom stereocenters. The number of hydrogen-bond donors (Lipinski definition) is 1. The fraction of sp³-hybridized carbons (Fsp3) is 0.667. The predicted octanol–water partition coefficient (Wildman–Crippen LogP) is 3.96. The minimum absolute atomic E-state index is 0.315. The van der Waals surface area contributed by atoms with Gasteiger partial charge in [-0.05, 0) is 25.2 Å². The number of thiazole rings is 1. The zero-order chi connectivity index (χ0) is 13.2. The lowest BCUT2D eigenvalue weighted by Crippen LogP contribution is -2.18. The van der Waals surface area contributed by atoms with E-state index in [1.54, 1.807) is 11.3 Å². The zero-order valence-electron chi connectivity index (χ0n) is 11.5. The summed E-state index contributed by atoms with van der Waals surface area (Å²) in [4.78, 5) is 6.72. The Hall–Kier alpha value is -0.870. The molecule has 104 valence electrons. The summed E-state index contributed by atoms with van der Waals surface area (Å²) in [6.45, 7) is 2.20. The van der Waals surface area contributed by atoms with E-state index in [2.05, 4.69) is 16.3 Å². The van der Waals surface area contributed by atoms with E-state index in [4.69, 9.17) is 0 Å². The van der Waals surface area contributed by atoms with Gasteiger partial charge in [0.1, 0.15) is 11.2 Å². The van der Waals surface area contributed by atoms with E-state index in [0.717, 1.165) is 23.4 Å². The fourth-order valence-electron chi connectivity index (χ4n) is 3.24. The van der Waals surface area contributed by atoms with Gasteiger partial charge >= 0.3 is 0 Å². The Morgan fingerprint density at radius 1 is 1.42 bits per heavy atom. The summed E-state index contributed by atoms with van der Waals surface area (Å²) in [5.74, 6) is 0.435. The topological polar surface area (TPSA) is 37.5 Å². The van der Waals surface area contributed by atoms with Gasteiger partial charge < -0.3 is 5.11 Å². The molecular formula is C15H22N2OS. The lowest BCUT2D eigenvalue weighted by atomic mass is 9.84. The summed E-state index contributed by atoms with van der Waals surface area (Å²) in [5, 5.41) is 10.8. The van der Waals surface area contributed by atoms with E-state index >= 15 is 0 Å². The van der Waals surface area contributed by atoms with Gasteiger partial charge in [0, 0.05) is 4.88 Å². The number of aliphatic hydroxyl groups excluding tert-OH is 1. The standard InChI is InChI=1S/C15H22N2OS/c1-2-6-12-14(17-10-16-9-13(17)19-12)15(18)11-7-4-3-5-8-11/h9-11,15,18H,2-8H2,1H3. The number of aromatic nitrogens is 2. The number of hydrogen-bond acceptors (Lipinski definition) is 3. The van der Waals surface area contributed by atoms with Crippen LogP contribution in [0.15, 0.2) is 12.5 Å². The third-order valence-corrected chi connectivity index (χ3v) is 5.40. The third kappa shape index (κ3) is 2.43. The highest BCUT2D eigenvalue weighted by Gasteiger charge is 2.28. The Balaban J connectivity index is 1.96. The Kier molecular flexibility index (Phi) is 3.89. The highest BCUT2D eigenvalue weighted by molar-refractivity contribution is 7.17. The van der Waals surface area contributed by atoms with Gasteiger partial charge in [-0.1, -0.05) is 32.6 Å². The van der Waals surface area contributed by atoms with E-state index in [-0.39, 0.29) is 6.10 Å². The molecule has 19 heavy (non-hydrogen) atoms. The molecule has 1 saturated carbocycles. The first kappa shape index (κ1) is 13.1. The van der Waals surface area contributed by atoms with Crippen LogP contribution in [0.1, 0.15) is 62.1 Å². The van der Waals surface area contributed by atoms with Crippen LogP contribution in [-0.2, 0) is 6.42 Å². The molecule has 0 bridgehead atoms. The van der Waals surface area contributed by atoms with Gasteiger partial charge in [-0.2, -0.15) is 0 Å². The van der Waals surface area contributed by atoms with E-state index in [1.807, 2.05) is 12.5 Å². The van der Waals surface area contributed by atoms with Crippen LogP contribution in [0.3, 0.4) is 0 Å². The first-order valence-corrected chi connectivity index (χ1v) is 8.24. The van der Waals surface area contributed by atoms with Crippen molar-refractivity contribution in [3.05, 3.63) is 23.1 Å². The van der Waals surface area contributed by atoms with Crippen LogP contribution in [0.5, 0.6) is 0 Å². The predicted molar refractivity (Wildman–Crippen MR) is 78.6 cm³/mol. The number of nitrogens with zero attached hydrogens (tertiary/aromatic N) is 2. The normalized spacial score (nSPS) is 19.1. The van der Waals surface area contributed by atoms with Gasteiger partial charge in [-0.25, -0.2) is 4.98 Å². The maximum Gasteiger partial charge on any atom is 0.120 e. The number of fused-ring (bicyclic) bond motifs is 1. The van der Waals surface area contributed by atoms with Crippen LogP contribution in [0, 0.1) is 5.92 Å². The molecule has 1 aliphatic rings. The third-order valence-electron chi connectivity index (χ3n) is 4.23. The molecule has 0 saturated heterocycles. The molecule has 3 rings (SSSR count). The van der Waals surface area contributed by atoms with Crippen LogP contribution in [0.4, 0.5) is 0 Å². The van der Waals surface area contributed by atoms with Crippen LogP contribution < -0.4 is 0 Å². The lowest BCUT2D eigenvalue weighted by molar-refractivity contribution is 0.0798. The minimum Gasteiger partial charge on any atom is -0.387 e.